The van der Waals surface area contributed by atoms with Crippen LogP contribution in [0.4, 0.5) is 5.95 Å². The molecule has 0 saturated carbocycles. The first-order valence-electron chi connectivity index (χ1n) is 7.09. The minimum atomic E-state index is -0.137. The van der Waals surface area contributed by atoms with E-state index in [0.29, 0.717) is 24.6 Å². The van der Waals surface area contributed by atoms with Crippen molar-refractivity contribution in [2.24, 2.45) is 0 Å². The molecule has 0 fully saturated rings. The van der Waals surface area contributed by atoms with Crippen molar-refractivity contribution in [1.82, 2.24) is 15.3 Å². The number of carbonyl (C=O) groups is 1. The molecule has 0 aliphatic rings. The van der Waals surface area contributed by atoms with Gasteiger partial charge in [-0.1, -0.05) is 31.2 Å². The first-order valence-corrected chi connectivity index (χ1v) is 7.09. The molecule has 1 amide bonds. The lowest BCUT2D eigenvalue weighted by Crippen LogP contribution is -2.24. The molecule has 110 valence electrons. The lowest BCUT2D eigenvalue weighted by atomic mass is 10.1. The molecule has 2 rings (SSSR count). The summed E-state index contributed by atoms with van der Waals surface area (Å²) in [7, 11) is 0. The fourth-order valence-electron chi connectivity index (χ4n) is 1.86. The van der Waals surface area contributed by atoms with Crippen LogP contribution in [0.5, 0.6) is 0 Å². The molecule has 2 N–H and O–H groups in total. The molecule has 5 heteroatoms. The molecule has 0 radical (unpaired) electrons. The van der Waals surface area contributed by atoms with Gasteiger partial charge in [-0.15, -0.1) is 0 Å². The number of nitrogens with zero attached hydrogens (tertiary/aromatic N) is 2. The molecule has 21 heavy (non-hydrogen) atoms. The third kappa shape index (κ3) is 4.27. The molecule has 0 unspecified atom stereocenters. The predicted molar refractivity (Wildman–Crippen MR) is 83.2 cm³/mol. The van der Waals surface area contributed by atoms with Gasteiger partial charge in [-0.3, -0.25) is 4.79 Å². The second-order valence-corrected chi connectivity index (χ2v) is 4.83. The van der Waals surface area contributed by atoms with Crippen LogP contribution >= 0.6 is 0 Å². The summed E-state index contributed by atoms with van der Waals surface area (Å²) in [6, 6.07) is 8.15. The largest absolute Gasteiger partial charge is 0.352 e. The SMILES string of the molecule is CCCNC(=O)c1cnc(NCc2ccccc2C)nc1. The monoisotopic (exact) mass is 284 g/mol. The topological polar surface area (TPSA) is 66.9 Å². The number of aryl methyl sites for hydroxylation is 1. The van der Waals surface area contributed by atoms with Crippen molar-refractivity contribution in [2.45, 2.75) is 26.8 Å². The molecular weight excluding hydrogens is 264 g/mol. The number of aromatic nitrogens is 2. The standard InChI is InChI=1S/C16H20N4O/c1-3-8-17-15(21)14-10-19-16(20-11-14)18-9-13-7-5-4-6-12(13)2/h4-7,10-11H,3,8-9H2,1-2H3,(H,17,21)(H,18,19,20). The maximum atomic E-state index is 11.7. The zero-order valence-electron chi connectivity index (χ0n) is 12.4. The molecular formula is C16H20N4O. The Morgan fingerprint density at radius 1 is 1.19 bits per heavy atom. The molecule has 0 spiro atoms. The third-order valence-corrected chi connectivity index (χ3v) is 3.15. The van der Waals surface area contributed by atoms with Crippen molar-refractivity contribution >= 4 is 11.9 Å². The van der Waals surface area contributed by atoms with Crippen LogP contribution in [0.2, 0.25) is 0 Å². The molecule has 1 aromatic heterocycles. The molecule has 0 saturated heterocycles. The molecule has 0 aliphatic carbocycles. The van der Waals surface area contributed by atoms with Crippen molar-refractivity contribution in [3.63, 3.8) is 0 Å². The van der Waals surface area contributed by atoms with E-state index in [1.54, 1.807) is 0 Å². The van der Waals surface area contributed by atoms with Crippen LogP contribution in [-0.2, 0) is 6.54 Å². The molecule has 1 aromatic carbocycles. The summed E-state index contributed by atoms with van der Waals surface area (Å²) in [6.45, 7) is 5.40. The summed E-state index contributed by atoms with van der Waals surface area (Å²) >= 11 is 0. The Bertz CT molecular complexity index is 595. The van der Waals surface area contributed by atoms with Gasteiger partial charge < -0.3 is 10.6 Å². The number of amides is 1. The van der Waals surface area contributed by atoms with Gasteiger partial charge in [-0.05, 0) is 24.5 Å². The Labute approximate surface area is 124 Å². The van der Waals surface area contributed by atoms with Gasteiger partial charge in [-0.25, -0.2) is 9.97 Å². The Kier molecular flexibility index (Phi) is 5.26. The normalized spacial score (nSPS) is 10.2. The van der Waals surface area contributed by atoms with Gasteiger partial charge in [0.05, 0.1) is 5.56 Å². The van der Waals surface area contributed by atoms with Crippen LogP contribution in [0.1, 0.15) is 34.8 Å². The second-order valence-electron chi connectivity index (χ2n) is 4.83. The van der Waals surface area contributed by atoms with E-state index in [0.717, 1.165) is 6.42 Å². The fraction of sp³-hybridized carbons (Fsp3) is 0.312. The fourth-order valence-corrected chi connectivity index (χ4v) is 1.86. The van der Waals surface area contributed by atoms with Crippen molar-refractivity contribution in [1.29, 1.82) is 0 Å². The van der Waals surface area contributed by atoms with E-state index < -0.39 is 0 Å². The van der Waals surface area contributed by atoms with Crippen LogP contribution < -0.4 is 10.6 Å². The minimum absolute atomic E-state index is 0.137. The Balaban J connectivity index is 1.93. The van der Waals surface area contributed by atoms with Gasteiger partial charge in [0.2, 0.25) is 5.95 Å². The third-order valence-electron chi connectivity index (χ3n) is 3.15. The average Bonchev–Trinajstić information content (AvgIpc) is 2.52. The van der Waals surface area contributed by atoms with E-state index in [1.165, 1.54) is 23.5 Å². The summed E-state index contributed by atoms with van der Waals surface area (Å²) in [4.78, 5) is 20.1. The van der Waals surface area contributed by atoms with E-state index in [4.69, 9.17) is 0 Å². The molecule has 0 atom stereocenters. The highest BCUT2D eigenvalue weighted by Crippen LogP contribution is 2.09. The maximum Gasteiger partial charge on any atom is 0.254 e. The van der Waals surface area contributed by atoms with Crippen LogP contribution in [0.25, 0.3) is 0 Å². The average molecular weight is 284 g/mol. The van der Waals surface area contributed by atoms with Gasteiger partial charge in [0, 0.05) is 25.5 Å². The zero-order chi connectivity index (χ0) is 15.1. The minimum Gasteiger partial charge on any atom is -0.352 e. The Morgan fingerprint density at radius 3 is 2.57 bits per heavy atom. The lowest BCUT2D eigenvalue weighted by Gasteiger charge is -2.08. The second kappa shape index (κ2) is 7.38. The summed E-state index contributed by atoms with van der Waals surface area (Å²) in [6.07, 6.45) is 3.99. The predicted octanol–water partition coefficient (Wildman–Crippen LogP) is 2.54. The number of hydrogen-bond acceptors (Lipinski definition) is 4. The summed E-state index contributed by atoms with van der Waals surface area (Å²) in [5, 5.41) is 5.95. The van der Waals surface area contributed by atoms with Crippen molar-refractivity contribution in [2.75, 3.05) is 11.9 Å². The van der Waals surface area contributed by atoms with Crippen LogP contribution in [0.15, 0.2) is 36.7 Å². The summed E-state index contributed by atoms with van der Waals surface area (Å²) in [5.74, 6) is 0.382. The van der Waals surface area contributed by atoms with E-state index >= 15 is 0 Å². The lowest BCUT2D eigenvalue weighted by molar-refractivity contribution is 0.0953. The highest BCUT2D eigenvalue weighted by Gasteiger charge is 2.06. The molecule has 5 nitrogen and oxygen atoms in total. The van der Waals surface area contributed by atoms with E-state index in [1.807, 2.05) is 19.1 Å². The number of anilines is 1. The van der Waals surface area contributed by atoms with Gasteiger partial charge in [0.15, 0.2) is 0 Å². The number of rotatable bonds is 6. The van der Waals surface area contributed by atoms with Crippen molar-refractivity contribution in [3.8, 4) is 0 Å². The van der Waals surface area contributed by atoms with E-state index in [2.05, 4.69) is 39.7 Å². The summed E-state index contributed by atoms with van der Waals surface area (Å²) < 4.78 is 0. The Hall–Kier alpha value is -2.43. The van der Waals surface area contributed by atoms with Gasteiger partial charge in [0.25, 0.3) is 5.91 Å². The van der Waals surface area contributed by atoms with Crippen molar-refractivity contribution in [3.05, 3.63) is 53.3 Å². The van der Waals surface area contributed by atoms with E-state index in [9.17, 15) is 4.79 Å². The van der Waals surface area contributed by atoms with Crippen LogP contribution in [0.3, 0.4) is 0 Å². The first kappa shape index (κ1) is 15.0. The molecule has 0 aliphatic heterocycles. The smallest absolute Gasteiger partial charge is 0.254 e. The maximum absolute atomic E-state index is 11.7. The number of nitrogens with one attached hydrogen (secondary N) is 2. The van der Waals surface area contributed by atoms with Gasteiger partial charge in [-0.2, -0.15) is 0 Å². The zero-order valence-corrected chi connectivity index (χ0v) is 12.4. The van der Waals surface area contributed by atoms with Gasteiger partial charge >= 0.3 is 0 Å². The highest BCUT2D eigenvalue weighted by molar-refractivity contribution is 5.93. The van der Waals surface area contributed by atoms with Crippen LogP contribution in [0, 0.1) is 6.92 Å². The highest BCUT2D eigenvalue weighted by atomic mass is 16.1. The number of carbonyl (C=O) groups excluding carboxylic acids is 1. The molecule has 1 heterocycles. The van der Waals surface area contributed by atoms with Crippen LogP contribution in [-0.4, -0.2) is 22.4 Å². The Morgan fingerprint density at radius 2 is 1.90 bits per heavy atom. The quantitative estimate of drug-likeness (QED) is 0.855. The molecule has 0 bridgehead atoms. The summed E-state index contributed by atoms with van der Waals surface area (Å²) in [5.41, 5.74) is 2.90. The first-order chi connectivity index (χ1) is 10.2. The molecule has 2 aromatic rings. The van der Waals surface area contributed by atoms with Crippen molar-refractivity contribution < 1.29 is 4.79 Å². The van der Waals surface area contributed by atoms with E-state index in [-0.39, 0.29) is 5.91 Å². The number of benzene rings is 1. The van der Waals surface area contributed by atoms with Gasteiger partial charge in [0.1, 0.15) is 0 Å². The number of hydrogen-bond donors (Lipinski definition) is 2.